The lowest BCUT2D eigenvalue weighted by molar-refractivity contribution is -0.140. The molecule has 0 aromatic carbocycles. The number of anilines is 2. The fraction of sp³-hybridized carbons (Fsp3) is 0.500. The number of nitrogen functional groups attached to an aromatic ring is 1. The molecule has 3 aliphatic rings. The molecule has 132 valence electrons. The van der Waals surface area contributed by atoms with Crippen LogP contribution in [-0.4, -0.2) is 52.0 Å². The summed E-state index contributed by atoms with van der Waals surface area (Å²) in [7, 11) is 1.55. The zero-order chi connectivity index (χ0) is 17.4. The van der Waals surface area contributed by atoms with Crippen molar-refractivity contribution in [2.45, 2.75) is 25.4 Å². The molecule has 3 fully saturated rings. The number of carbonyl (C=O) groups is 1. The molecule has 3 aliphatic heterocycles. The van der Waals surface area contributed by atoms with Crippen LogP contribution < -0.4 is 15.4 Å². The summed E-state index contributed by atoms with van der Waals surface area (Å²) in [6.07, 6.45) is 1.90. The number of fused-ring (bicyclic) bond motifs is 4. The van der Waals surface area contributed by atoms with Gasteiger partial charge in [0, 0.05) is 30.6 Å². The fourth-order valence-corrected chi connectivity index (χ4v) is 4.17. The van der Waals surface area contributed by atoms with E-state index in [0.717, 1.165) is 25.1 Å². The molecule has 0 aliphatic carbocycles. The van der Waals surface area contributed by atoms with Crippen LogP contribution >= 0.6 is 11.3 Å². The molecule has 0 saturated carbocycles. The van der Waals surface area contributed by atoms with Crippen molar-refractivity contribution in [3.63, 3.8) is 0 Å². The van der Waals surface area contributed by atoms with E-state index in [-0.39, 0.29) is 23.8 Å². The molecule has 8 nitrogen and oxygen atoms in total. The van der Waals surface area contributed by atoms with Crippen molar-refractivity contribution < 1.29 is 9.53 Å². The number of aromatic nitrogens is 3. The van der Waals surface area contributed by atoms with Gasteiger partial charge in [0.15, 0.2) is 0 Å². The number of hydrogen-bond donors (Lipinski definition) is 1. The maximum absolute atomic E-state index is 12.9. The largest absolute Gasteiger partial charge is 0.481 e. The van der Waals surface area contributed by atoms with Crippen molar-refractivity contribution in [1.29, 1.82) is 0 Å². The van der Waals surface area contributed by atoms with Gasteiger partial charge in [-0.2, -0.15) is 9.97 Å². The zero-order valence-corrected chi connectivity index (χ0v) is 14.8. The highest BCUT2D eigenvalue weighted by Gasteiger charge is 2.41. The van der Waals surface area contributed by atoms with Crippen LogP contribution in [0.5, 0.6) is 5.88 Å². The first-order valence-electron chi connectivity index (χ1n) is 8.25. The Morgan fingerprint density at radius 3 is 3.00 bits per heavy atom. The van der Waals surface area contributed by atoms with E-state index in [1.807, 2.05) is 10.3 Å². The quantitative estimate of drug-likeness (QED) is 0.873. The van der Waals surface area contributed by atoms with Crippen molar-refractivity contribution in [3.05, 3.63) is 22.7 Å². The van der Waals surface area contributed by atoms with Crippen LogP contribution in [0.2, 0.25) is 0 Å². The Morgan fingerprint density at radius 1 is 1.36 bits per heavy atom. The third-order valence-corrected chi connectivity index (χ3v) is 5.48. The molecule has 2 aromatic heterocycles. The average molecular weight is 360 g/mol. The van der Waals surface area contributed by atoms with Crippen LogP contribution in [0, 0.1) is 5.92 Å². The first-order chi connectivity index (χ1) is 12.1. The van der Waals surface area contributed by atoms with E-state index in [9.17, 15) is 4.79 Å². The highest BCUT2D eigenvalue weighted by molar-refractivity contribution is 7.07. The highest BCUT2D eigenvalue weighted by Crippen LogP contribution is 2.33. The lowest BCUT2D eigenvalue weighted by atomic mass is 9.94. The molecule has 2 N–H and O–H groups in total. The number of ether oxygens (including phenoxy) is 1. The Bertz CT molecular complexity index is 768. The number of nitrogens with zero attached hydrogens (tertiary/aromatic N) is 5. The third kappa shape index (κ3) is 3.11. The lowest BCUT2D eigenvalue weighted by Crippen LogP contribution is -2.47. The molecule has 2 aromatic rings. The van der Waals surface area contributed by atoms with Gasteiger partial charge < -0.3 is 20.3 Å². The van der Waals surface area contributed by atoms with E-state index in [1.165, 1.54) is 0 Å². The summed E-state index contributed by atoms with van der Waals surface area (Å²) >= 11 is 1.55. The molecular weight excluding hydrogens is 340 g/mol. The van der Waals surface area contributed by atoms with Crippen molar-refractivity contribution in [3.8, 4) is 5.88 Å². The minimum atomic E-state index is -0.0282. The third-order valence-electron chi connectivity index (χ3n) is 4.85. The van der Waals surface area contributed by atoms with Crippen molar-refractivity contribution in [2.24, 2.45) is 5.92 Å². The van der Waals surface area contributed by atoms with Crippen molar-refractivity contribution in [2.75, 3.05) is 30.8 Å². The predicted octanol–water partition coefficient (Wildman–Crippen LogP) is 1.15. The van der Waals surface area contributed by atoms with Gasteiger partial charge in [0.05, 0.1) is 30.8 Å². The van der Waals surface area contributed by atoms with E-state index in [1.54, 1.807) is 30.0 Å². The fourth-order valence-electron chi connectivity index (χ4n) is 3.62. The Morgan fingerprint density at radius 2 is 2.24 bits per heavy atom. The van der Waals surface area contributed by atoms with Crippen LogP contribution in [0.4, 0.5) is 11.8 Å². The van der Waals surface area contributed by atoms with Gasteiger partial charge >= 0.3 is 0 Å². The molecule has 0 radical (unpaired) electrons. The van der Waals surface area contributed by atoms with E-state index < -0.39 is 0 Å². The van der Waals surface area contributed by atoms with Gasteiger partial charge in [-0.25, -0.2) is 4.98 Å². The number of thiazole rings is 1. The Labute approximate surface area is 149 Å². The van der Waals surface area contributed by atoms with Crippen LogP contribution in [0.15, 0.2) is 17.0 Å². The predicted molar refractivity (Wildman–Crippen MR) is 94.4 cm³/mol. The van der Waals surface area contributed by atoms with E-state index >= 15 is 0 Å². The molecule has 1 amide bonds. The van der Waals surface area contributed by atoms with Gasteiger partial charge in [-0.1, -0.05) is 0 Å². The minimum Gasteiger partial charge on any atom is -0.481 e. The monoisotopic (exact) mass is 360 g/mol. The van der Waals surface area contributed by atoms with Gasteiger partial charge in [-0.05, 0) is 12.8 Å². The molecule has 2 bridgehead atoms. The van der Waals surface area contributed by atoms with E-state index in [2.05, 4.69) is 19.9 Å². The standard InChI is InChI=1S/C16H20N6O2S/c1-24-14-4-13(19-16(17)20-14)21-5-10-2-3-12(7-21)22(15(10)23)6-11-8-25-9-18-11/h4,8-10,12H,2-3,5-7H2,1H3,(H2,17,19,20)/t10-,12+/m1/s1. The second kappa shape index (κ2) is 6.47. The van der Waals surface area contributed by atoms with Crippen LogP contribution in [0.3, 0.4) is 0 Å². The first-order valence-corrected chi connectivity index (χ1v) is 9.19. The Balaban J connectivity index is 1.60. The minimum absolute atomic E-state index is 0.0282. The van der Waals surface area contributed by atoms with Crippen LogP contribution in [0.1, 0.15) is 18.5 Å². The number of carbonyl (C=O) groups excluding carboxylic acids is 1. The highest BCUT2D eigenvalue weighted by atomic mass is 32.1. The smallest absolute Gasteiger partial charge is 0.228 e. The maximum atomic E-state index is 12.9. The number of hydrogen-bond acceptors (Lipinski definition) is 8. The van der Waals surface area contributed by atoms with Crippen LogP contribution in [0.25, 0.3) is 0 Å². The number of piperidine rings is 1. The average Bonchev–Trinajstić information content (AvgIpc) is 2.97. The summed E-state index contributed by atoms with van der Waals surface area (Å²) in [4.78, 5) is 29.7. The van der Waals surface area contributed by atoms with Crippen LogP contribution in [-0.2, 0) is 11.3 Å². The van der Waals surface area contributed by atoms with Gasteiger partial charge in [0.25, 0.3) is 0 Å². The van der Waals surface area contributed by atoms with Gasteiger partial charge in [0.2, 0.25) is 17.7 Å². The summed E-state index contributed by atoms with van der Waals surface area (Å²) < 4.78 is 5.20. The molecule has 3 saturated heterocycles. The zero-order valence-electron chi connectivity index (χ0n) is 14.0. The SMILES string of the molecule is COc1cc(N2C[C@H]3CC[C@@H](C2)N(Cc2cscn2)C3=O)nc(N)n1. The Kier molecular flexibility index (Phi) is 4.16. The second-order valence-corrected chi connectivity index (χ2v) is 7.12. The molecule has 5 heterocycles. The summed E-state index contributed by atoms with van der Waals surface area (Å²) in [5.41, 5.74) is 8.55. The molecular formula is C16H20N6O2S. The van der Waals surface area contributed by atoms with Crippen molar-refractivity contribution in [1.82, 2.24) is 19.9 Å². The summed E-state index contributed by atoms with van der Waals surface area (Å²) in [5.74, 6) is 1.51. The van der Waals surface area contributed by atoms with Gasteiger partial charge in [-0.3, -0.25) is 4.79 Å². The number of methoxy groups -OCH3 is 1. The topological polar surface area (TPSA) is 97.5 Å². The number of nitrogens with two attached hydrogens (primary N) is 1. The van der Waals surface area contributed by atoms with Gasteiger partial charge in [0.1, 0.15) is 5.82 Å². The summed E-state index contributed by atoms with van der Waals surface area (Å²) in [6.45, 7) is 1.95. The number of amides is 1. The first kappa shape index (κ1) is 16.1. The summed E-state index contributed by atoms with van der Waals surface area (Å²) in [5, 5.41) is 2.00. The molecule has 9 heteroatoms. The Hall–Kier alpha value is -2.42. The normalized spacial score (nSPS) is 23.0. The molecule has 25 heavy (non-hydrogen) atoms. The number of rotatable bonds is 4. The molecule has 0 spiro atoms. The van der Waals surface area contributed by atoms with E-state index in [0.29, 0.717) is 24.8 Å². The molecule has 0 unspecified atom stereocenters. The van der Waals surface area contributed by atoms with Gasteiger partial charge in [-0.15, -0.1) is 11.3 Å². The van der Waals surface area contributed by atoms with E-state index in [4.69, 9.17) is 10.5 Å². The lowest BCUT2D eigenvalue weighted by Gasteiger charge is -2.35. The second-order valence-electron chi connectivity index (χ2n) is 6.41. The van der Waals surface area contributed by atoms with Crippen molar-refractivity contribution >= 4 is 29.0 Å². The maximum Gasteiger partial charge on any atom is 0.228 e. The molecule has 2 atom stereocenters. The molecule has 5 rings (SSSR count). The summed E-state index contributed by atoms with van der Waals surface area (Å²) in [6, 6.07) is 1.92.